The largest absolute Gasteiger partial charge is 0.492 e. The van der Waals surface area contributed by atoms with Crippen LogP contribution in [0.5, 0.6) is 5.75 Å². The maximum atomic E-state index is 5.73. The number of aliphatic imine (C=N–C) groups is 1. The highest BCUT2D eigenvalue weighted by atomic mass is 127. The van der Waals surface area contributed by atoms with Gasteiger partial charge in [-0.15, -0.1) is 34.2 Å². The van der Waals surface area contributed by atoms with Gasteiger partial charge in [0.1, 0.15) is 18.2 Å². The Morgan fingerprint density at radius 1 is 1.11 bits per heavy atom. The average molecular weight is 494 g/mol. The topological polar surface area (TPSA) is 75.8 Å². The predicted molar refractivity (Wildman–Crippen MR) is 123 cm³/mol. The summed E-state index contributed by atoms with van der Waals surface area (Å²) in [5.74, 6) is 2.56. The molecule has 2 N–H and O–H groups in total. The molecule has 0 atom stereocenters. The van der Waals surface area contributed by atoms with E-state index in [1.165, 1.54) is 5.56 Å². The first kappa shape index (κ1) is 21.9. The number of ether oxygens (including phenoxy) is 1. The first-order valence-corrected chi connectivity index (χ1v) is 9.26. The molecule has 0 aliphatic carbocycles. The van der Waals surface area contributed by atoms with Gasteiger partial charge in [-0.05, 0) is 38.1 Å². The number of halogens is 1. The van der Waals surface area contributed by atoms with Crippen LogP contribution in [-0.2, 0) is 6.42 Å². The highest BCUT2D eigenvalue weighted by molar-refractivity contribution is 14.0. The number of hydrogen-bond acceptors (Lipinski definition) is 4. The lowest BCUT2D eigenvalue weighted by Crippen LogP contribution is -2.39. The van der Waals surface area contributed by atoms with Gasteiger partial charge < -0.3 is 15.4 Å². The number of benzene rings is 1. The molecule has 0 spiro atoms. The van der Waals surface area contributed by atoms with Crippen LogP contribution in [0.2, 0.25) is 0 Å². The molecule has 3 aromatic rings. The van der Waals surface area contributed by atoms with Gasteiger partial charge in [-0.1, -0.05) is 23.8 Å². The van der Waals surface area contributed by atoms with Gasteiger partial charge in [-0.25, -0.2) is 0 Å². The molecule has 3 rings (SSSR count). The fourth-order valence-electron chi connectivity index (χ4n) is 2.64. The first-order chi connectivity index (χ1) is 13.3. The Balaban J connectivity index is 0.00000280. The number of aryl methyl sites for hydroxylation is 1. The van der Waals surface area contributed by atoms with E-state index in [0.717, 1.165) is 36.1 Å². The Morgan fingerprint density at radius 3 is 2.71 bits per heavy atom. The van der Waals surface area contributed by atoms with Crippen LogP contribution < -0.4 is 15.4 Å². The summed E-state index contributed by atoms with van der Waals surface area (Å²) in [6.45, 7) is 6.79. The van der Waals surface area contributed by atoms with E-state index in [2.05, 4.69) is 32.7 Å². The summed E-state index contributed by atoms with van der Waals surface area (Å²) in [7, 11) is 0. The summed E-state index contributed by atoms with van der Waals surface area (Å²) in [4.78, 5) is 4.61. The summed E-state index contributed by atoms with van der Waals surface area (Å²) < 4.78 is 7.73. The second kappa shape index (κ2) is 11.5. The molecule has 0 fully saturated rings. The van der Waals surface area contributed by atoms with Crippen molar-refractivity contribution in [3.63, 3.8) is 0 Å². The summed E-state index contributed by atoms with van der Waals surface area (Å²) in [6, 6.07) is 13.9. The van der Waals surface area contributed by atoms with Gasteiger partial charge in [-0.2, -0.15) is 0 Å². The molecule has 2 aromatic heterocycles. The van der Waals surface area contributed by atoms with Crippen molar-refractivity contribution in [1.82, 2.24) is 25.2 Å². The van der Waals surface area contributed by atoms with Crippen molar-refractivity contribution in [2.24, 2.45) is 4.99 Å². The summed E-state index contributed by atoms with van der Waals surface area (Å²) in [5.41, 5.74) is 2.08. The predicted octanol–water partition coefficient (Wildman–Crippen LogP) is 2.83. The molecule has 150 valence electrons. The van der Waals surface area contributed by atoms with E-state index < -0.39 is 0 Å². The van der Waals surface area contributed by atoms with Crippen LogP contribution in [0.4, 0.5) is 0 Å². The Bertz CT molecular complexity index is 878. The molecule has 1 aromatic carbocycles. The van der Waals surface area contributed by atoms with Crippen LogP contribution in [0.1, 0.15) is 18.3 Å². The smallest absolute Gasteiger partial charge is 0.191 e. The summed E-state index contributed by atoms with van der Waals surface area (Å²) in [5, 5.41) is 14.9. The van der Waals surface area contributed by atoms with E-state index in [9.17, 15) is 0 Å². The molecular weight excluding hydrogens is 467 g/mol. The summed E-state index contributed by atoms with van der Waals surface area (Å²) >= 11 is 0. The third-order valence-corrected chi connectivity index (χ3v) is 4.02. The van der Waals surface area contributed by atoms with E-state index >= 15 is 0 Å². The minimum Gasteiger partial charge on any atom is -0.492 e. The molecule has 0 bridgehead atoms. The number of pyridine rings is 1. The maximum absolute atomic E-state index is 5.73. The number of aromatic nitrogens is 3. The Kier molecular flexibility index (Phi) is 8.99. The van der Waals surface area contributed by atoms with Crippen molar-refractivity contribution < 1.29 is 4.74 Å². The van der Waals surface area contributed by atoms with E-state index in [4.69, 9.17) is 4.74 Å². The van der Waals surface area contributed by atoms with Crippen LogP contribution in [0, 0.1) is 6.92 Å². The summed E-state index contributed by atoms with van der Waals surface area (Å²) in [6.07, 6.45) is 2.70. The second-order valence-corrected chi connectivity index (χ2v) is 6.14. The maximum Gasteiger partial charge on any atom is 0.191 e. The van der Waals surface area contributed by atoms with Crippen LogP contribution in [-0.4, -0.2) is 46.8 Å². The highest BCUT2D eigenvalue weighted by Crippen LogP contribution is 2.10. The normalized spacial score (nSPS) is 11.1. The lowest BCUT2D eigenvalue weighted by Gasteiger charge is -2.12. The standard InChI is InChI=1S/C20H26N6O.HI/c1-3-21-20(23-13-15-27-17-9-7-16(2)8-10-17)22-12-11-19-25-24-18-6-4-5-14-26(18)19;/h4-10,14H,3,11-13,15H2,1-2H3,(H2,21,22,23);1H. The van der Waals surface area contributed by atoms with Crippen molar-refractivity contribution in [2.45, 2.75) is 20.3 Å². The van der Waals surface area contributed by atoms with E-state index in [1.807, 2.05) is 60.0 Å². The molecule has 28 heavy (non-hydrogen) atoms. The minimum atomic E-state index is 0. The van der Waals surface area contributed by atoms with Crippen molar-refractivity contribution in [3.8, 4) is 5.75 Å². The van der Waals surface area contributed by atoms with Gasteiger partial charge in [0, 0.05) is 25.7 Å². The molecule has 0 amide bonds. The quantitative estimate of drug-likeness (QED) is 0.218. The van der Waals surface area contributed by atoms with Crippen LogP contribution >= 0.6 is 24.0 Å². The number of fused-ring (bicyclic) bond motifs is 1. The van der Waals surface area contributed by atoms with Crippen LogP contribution in [0.15, 0.2) is 53.7 Å². The number of nitrogens with one attached hydrogen (secondary N) is 2. The zero-order chi connectivity index (χ0) is 18.9. The monoisotopic (exact) mass is 494 g/mol. The van der Waals surface area contributed by atoms with Crippen molar-refractivity contribution >= 4 is 35.6 Å². The van der Waals surface area contributed by atoms with Crippen LogP contribution in [0.25, 0.3) is 5.65 Å². The Hall–Kier alpha value is -2.36. The number of hydrogen-bond donors (Lipinski definition) is 2. The van der Waals surface area contributed by atoms with E-state index in [1.54, 1.807) is 0 Å². The lowest BCUT2D eigenvalue weighted by molar-refractivity contribution is 0.322. The highest BCUT2D eigenvalue weighted by Gasteiger charge is 2.04. The third-order valence-electron chi connectivity index (χ3n) is 4.02. The molecule has 0 aliphatic heterocycles. The third kappa shape index (κ3) is 6.36. The van der Waals surface area contributed by atoms with Crippen molar-refractivity contribution in [2.75, 3.05) is 26.2 Å². The lowest BCUT2D eigenvalue weighted by atomic mass is 10.2. The molecule has 0 unspecified atom stereocenters. The fraction of sp³-hybridized carbons (Fsp3) is 0.350. The first-order valence-electron chi connectivity index (χ1n) is 9.26. The van der Waals surface area contributed by atoms with Gasteiger partial charge in [-0.3, -0.25) is 9.39 Å². The molecule has 2 heterocycles. The number of guanidine groups is 1. The van der Waals surface area contributed by atoms with Gasteiger partial charge in [0.15, 0.2) is 11.6 Å². The number of nitrogens with zero attached hydrogens (tertiary/aromatic N) is 4. The Morgan fingerprint density at radius 2 is 1.93 bits per heavy atom. The zero-order valence-electron chi connectivity index (χ0n) is 16.3. The molecule has 0 radical (unpaired) electrons. The van der Waals surface area contributed by atoms with Crippen molar-refractivity contribution in [1.29, 1.82) is 0 Å². The van der Waals surface area contributed by atoms with Crippen LogP contribution in [0.3, 0.4) is 0 Å². The second-order valence-electron chi connectivity index (χ2n) is 6.14. The van der Waals surface area contributed by atoms with Crippen molar-refractivity contribution in [3.05, 3.63) is 60.0 Å². The van der Waals surface area contributed by atoms with Gasteiger partial charge in [0.05, 0.1) is 6.54 Å². The number of rotatable bonds is 8. The average Bonchev–Trinajstić information content (AvgIpc) is 3.10. The fourth-order valence-corrected chi connectivity index (χ4v) is 2.64. The molecule has 7 nitrogen and oxygen atoms in total. The van der Waals surface area contributed by atoms with Gasteiger partial charge in [0.25, 0.3) is 0 Å². The van der Waals surface area contributed by atoms with Gasteiger partial charge >= 0.3 is 0 Å². The molecule has 8 heteroatoms. The SMILES string of the molecule is CCNC(=NCCc1nnc2ccccn12)NCCOc1ccc(C)cc1.I. The molecule has 0 aliphatic rings. The molecular formula is C20H27IN6O. The van der Waals surface area contributed by atoms with E-state index in [-0.39, 0.29) is 24.0 Å². The van der Waals surface area contributed by atoms with Gasteiger partial charge in [0.2, 0.25) is 0 Å². The minimum absolute atomic E-state index is 0. The van der Waals surface area contributed by atoms with E-state index in [0.29, 0.717) is 19.7 Å². The zero-order valence-corrected chi connectivity index (χ0v) is 18.6. The molecule has 0 saturated heterocycles. The Labute approximate surface area is 182 Å². The molecule has 0 saturated carbocycles.